The summed E-state index contributed by atoms with van der Waals surface area (Å²) in [5, 5.41) is 2.60. The van der Waals surface area contributed by atoms with E-state index in [4.69, 9.17) is 4.74 Å². The second kappa shape index (κ2) is 3.14. The van der Waals surface area contributed by atoms with Crippen molar-refractivity contribution in [3.63, 3.8) is 0 Å². The van der Waals surface area contributed by atoms with Crippen molar-refractivity contribution < 1.29 is 9.53 Å². The third-order valence-corrected chi connectivity index (χ3v) is 1.80. The first kappa shape index (κ1) is 8.19. The molecule has 4 nitrogen and oxygen atoms in total. The minimum Gasteiger partial charge on any atom is -0.368 e. The number of nitrogens with zero attached hydrogens (tertiary/aromatic N) is 1. The summed E-state index contributed by atoms with van der Waals surface area (Å²) in [5.74, 6) is 0.472. The van der Waals surface area contributed by atoms with E-state index < -0.39 is 0 Å². The number of aromatic nitrogens is 1. The van der Waals surface area contributed by atoms with E-state index in [1.54, 1.807) is 12.3 Å². The maximum Gasteiger partial charge on any atom is 0.222 e. The van der Waals surface area contributed by atoms with Gasteiger partial charge in [-0.05, 0) is 6.07 Å². The molecule has 2 rings (SSSR count). The molecular weight excluding hydrogens is 168 g/mol. The van der Waals surface area contributed by atoms with E-state index in [0.717, 1.165) is 12.2 Å². The lowest BCUT2D eigenvalue weighted by Gasteiger charge is -2.00. The number of hydrogen-bond acceptors (Lipinski definition) is 3. The zero-order chi connectivity index (χ0) is 9.26. The molecule has 0 aromatic carbocycles. The lowest BCUT2D eigenvalue weighted by atomic mass is 10.2. The van der Waals surface area contributed by atoms with Crippen molar-refractivity contribution >= 4 is 11.7 Å². The number of carbonyl (C=O) groups excluding carboxylic acids is 1. The zero-order valence-electron chi connectivity index (χ0n) is 7.28. The molecule has 0 spiro atoms. The van der Waals surface area contributed by atoms with Crippen LogP contribution >= 0.6 is 0 Å². The van der Waals surface area contributed by atoms with E-state index in [2.05, 4.69) is 10.3 Å². The molecule has 1 fully saturated rings. The van der Waals surface area contributed by atoms with Crippen molar-refractivity contribution in [1.29, 1.82) is 0 Å². The number of nitrogens with one attached hydrogen (secondary N) is 1. The van der Waals surface area contributed by atoms with Gasteiger partial charge in [0.2, 0.25) is 5.91 Å². The summed E-state index contributed by atoms with van der Waals surface area (Å²) in [4.78, 5) is 14.7. The van der Waals surface area contributed by atoms with Crippen molar-refractivity contribution in [2.75, 3.05) is 11.9 Å². The lowest BCUT2D eigenvalue weighted by Crippen LogP contribution is -2.07. The van der Waals surface area contributed by atoms with Crippen LogP contribution in [0.5, 0.6) is 0 Å². The molecule has 1 atom stereocenters. The standard InChI is InChI=1S/C9H10N2O2/c1-6(12)11-9-3-2-7(4-10-9)8-5-13-8/h2-4,8H,5H2,1H3,(H,10,11,12). The largest absolute Gasteiger partial charge is 0.368 e. The Morgan fingerprint density at radius 2 is 2.46 bits per heavy atom. The SMILES string of the molecule is CC(=O)Nc1ccc(C2CO2)cn1. The Kier molecular flexibility index (Phi) is 1.98. The second-order valence-corrected chi connectivity index (χ2v) is 2.98. The fraction of sp³-hybridized carbons (Fsp3) is 0.333. The van der Waals surface area contributed by atoms with Crippen LogP contribution in [0, 0.1) is 0 Å². The molecule has 0 saturated carbocycles. The van der Waals surface area contributed by atoms with Gasteiger partial charge in [-0.15, -0.1) is 0 Å². The molecule has 1 aliphatic rings. The maximum atomic E-state index is 10.7. The van der Waals surface area contributed by atoms with Crippen LogP contribution in [0.4, 0.5) is 5.82 Å². The molecule has 0 bridgehead atoms. The van der Waals surface area contributed by atoms with Crippen molar-refractivity contribution in [2.45, 2.75) is 13.0 Å². The molecule has 1 aliphatic heterocycles. The smallest absolute Gasteiger partial charge is 0.222 e. The van der Waals surface area contributed by atoms with Gasteiger partial charge in [-0.3, -0.25) is 4.79 Å². The molecule has 2 heterocycles. The first-order chi connectivity index (χ1) is 6.25. The molecule has 1 amide bonds. The van der Waals surface area contributed by atoms with Crippen LogP contribution in [0.2, 0.25) is 0 Å². The van der Waals surface area contributed by atoms with E-state index in [0.29, 0.717) is 5.82 Å². The predicted molar refractivity (Wildman–Crippen MR) is 47.2 cm³/mol. The van der Waals surface area contributed by atoms with Gasteiger partial charge in [-0.2, -0.15) is 0 Å². The molecule has 4 heteroatoms. The Bertz CT molecular complexity index is 317. The molecular formula is C9H10N2O2. The van der Waals surface area contributed by atoms with E-state index in [1.807, 2.05) is 6.07 Å². The van der Waals surface area contributed by atoms with Crippen LogP contribution in [0.3, 0.4) is 0 Å². The summed E-state index contributed by atoms with van der Waals surface area (Å²) >= 11 is 0. The Morgan fingerprint density at radius 1 is 1.69 bits per heavy atom. The summed E-state index contributed by atoms with van der Waals surface area (Å²) in [7, 11) is 0. The van der Waals surface area contributed by atoms with E-state index >= 15 is 0 Å². The van der Waals surface area contributed by atoms with Crippen molar-refractivity contribution in [3.05, 3.63) is 23.9 Å². The first-order valence-corrected chi connectivity index (χ1v) is 4.11. The Balaban J connectivity index is 2.08. The highest BCUT2D eigenvalue weighted by molar-refractivity contribution is 5.87. The number of rotatable bonds is 2. The number of amides is 1. The van der Waals surface area contributed by atoms with Crippen molar-refractivity contribution in [1.82, 2.24) is 4.98 Å². The van der Waals surface area contributed by atoms with Gasteiger partial charge in [-0.1, -0.05) is 6.07 Å². The van der Waals surface area contributed by atoms with Gasteiger partial charge in [0, 0.05) is 18.7 Å². The van der Waals surface area contributed by atoms with Gasteiger partial charge in [0.25, 0.3) is 0 Å². The average Bonchev–Trinajstić information content (AvgIpc) is 2.87. The molecule has 0 radical (unpaired) electrons. The zero-order valence-corrected chi connectivity index (χ0v) is 7.28. The molecule has 1 N–H and O–H groups in total. The number of hydrogen-bond donors (Lipinski definition) is 1. The Morgan fingerprint density at radius 3 is 2.92 bits per heavy atom. The number of pyridine rings is 1. The highest BCUT2D eigenvalue weighted by atomic mass is 16.6. The fourth-order valence-corrected chi connectivity index (χ4v) is 1.09. The first-order valence-electron chi connectivity index (χ1n) is 4.11. The summed E-state index contributed by atoms with van der Waals surface area (Å²) in [5.41, 5.74) is 1.06. The summed E-state index contributed by atoms with van der Waals surface area (Å²) in [6, 6.07) is 3.69. The normalized spacial score (nSPS) is 19.6. The number of carbonyl (C=O) groups is 1. The summed E-state index contributed by atoms with van der Waals surface area (Å²) in [6.45, 7) is 2.24. The predicted octanol–water partition coefficient (Wildman–Crippen LogP) is 1.11. The molecule has 1 aromatic rings. The van der Waals surface area contributed by atoms with Crippen LogP contribution in [-0.2, 0) is 9.53 Å². The molecule has 0 aliphatic carbocycles. The average molecular weight is 178 g/mol. The molecule has 13 heavy (non-hydrogen) atoms. The van der Waals surface area contributed by atoms with Crippen LogP contribution in [0.15, 0.2) is 18.3 Å². The Hall–Kier alpha value is -1.42. The van der Waals surface area contributed by atoms with Gasteiger partial charge in [0.05, 0.1) is 6.61 Å². The molecule has 1 unspecified atom stereocenters. The number of ether oxygens (including phenoxy) is 1. The minimum absolute atomic E-state index is 0.108. The van der Waals surface area contributed by atoms with Crippen molar-refractivity contribution in [2.24, 2.45) is 0 Å². The number of anilines is 1. The minimum atomic E-state index is -0.108. The maximum absolute atomic E-state index is 10.7. The van der Waals surface area contributed by atoms with Crippen LogP contribution in [0.1, 0.15) is 18.6 Å². The molecule has 1 aromatic heterocycles. The monoisotopic (exact) mass is 178 g/mol. The quantitative estimate of drug-likeness (QED) is 0.690. The fourth-order valence-electron chi connectivity index (χ4n) is 1.09. The highest BCUT2D eigenvalue weighted by Crippen LogP contribution is 2.29. The van der Waals surface area contributed by atoms with Gasteiger partial charge in [0.15, 0.2) is 0 Å². The summed E-state index contributed by atoms with van der Waals surface area (Å²) in [6.07, 6.45) is 1.95. The van der Waals surface area contributed by atoms with Gasteiger partial charge in [-0.25, -0.2) is 4.98 Å². The van der Waals surface area contributed by atoms with Gasteiger partial charge in [0.1, 0.15) is 11.9 Å². The van der Waals surface area contributed by atoms with Crippen molar-refractivity contribution in [3.8, 4) is 0 Å². The van der Waals surface area contributed by atoms with Gasteiger partial charge >= 0.3 is 0 Å². The highest BCUT2D eigenvalue weighted by Gasteiger charge is 2.24. The van der Waals surface area contributed by atoms with Crippen LogP contribution in [0.25, 0.3) is 0 Å². The second-order valence-electron chi connectivity index (χ2n) is 2.98. The third kappa shape index (κ3) is 2.03. The van der Waals surface area contributed by atoms with Crippen LogP contribution in [-0.4, -0.2) is 17.5 Å². The van der Waals surface area contributed by atoms with Crippen LogP contribution < -0.4 is 5.32 Å². The van der Waals surface area contributed by atoms with E-state index in [9.17, 15) is 4.79 Å². The molecule has 1 saturated heterocycles. The molecule has 68 valence electrons. The topological polar surface area (TPSA) is 54.5 Å². The lowest BCUT2D eigenvalue weighted by molar-refractivity contribution is -0.114. The summed E-state index contributed by atoms with van der Waals surface area (Å²) < 4.78 is 5.09. The number of epoxide rings is 1. The van der Waals surface area contributed by atoms with E-state index in [1.165, 1.54) is 6.92 Å². The van der Waals surface area contributed by atoms with E-state index in [-0.39, 0.29) is 12.0 Å². The Labute approximate surface area is 75.9 Å². The third-order valence-electron chi connectivity index (χ3n) is 1.80. The van der Waals surface area contributed by atoms with Gasteiger partial charge < -0.3 is 10.1 Å².